The van der Waals surface area contributed by atoms with Crippen molar-refractivity contribution in [2.24, 2.45) is 4.99 Å². The fraction of sp³-hybridized carbons (Fsp3) is 0.600. The molecule has 2 heterocycles. The van der Waals surface area contributed by atoms with Gasteiger partial charge in [0.15, 0.2) is 0 Å². The number of guanidine groups is 1. The minimum Gasteiger partial charge on any atom is -0.492 e. The summed E-state index contributed by atoms with van der Waals surface area (Å²) in [6, 6.07) is 3.73. The largest absolute Gasteiger partial charge is 0.492 e. The average molecular weight is 505 g/mol. The van der Waals surface area contributed by atoms with Gasteiger partial charge in [-0.05, 0) is 37.3 Å². The summed E-state index contributed by atoms with van der Waals surface area (Å²) in [7, 11) is 0. The summed E-state index contributed by atoms with van der Waals surface area (Å²) in [5, 5.41) is 12.5. The first-order valence-corrected chi connectivity index (χ1v) is 12.9. The zero-order valence-electron chi connectivity index (χ0n) is 19.9. The number of carbonyl (C=O) groups is 3. The van der Waals surface area contributed by atoms with Crippen molar-refractivity contribution in [1.29, 1.82) is 0 Å². The van der Waals surface area contributed by atoms with Crippen molar-refractivity contribution < 1.29 is 24.2 Å². The number of rotatable bonds is 11. The fourth-order valence-corrected chi connectivity index (χ4v) is 5.22. The minimum atomic E-state index is -0.946. The number of nitrogens with one attached hydrogen (secondary N) is 1. The second-order valence-electron chi connectivity index (χ2n) is 9.47. The quantitative estimate of drug-likeness (QED) is 0.443. The molecule has 3 aliphatic rings. The van der Waals surface area contributed by atoms with E-state index in [0.29, 0.717) is 42.8 Å². The van der Waals surface area contributed by atoms with E-state index in [1.165, 1.54) is 0 Å². The molecule has 190 valence electrons. The number of hydrogen-bond acceptors (Lipinski definition) is 6. The predicted octanol–water partition coefficient (Wildman–Crippen LogP) is 3.85. The van der Waals surface area contributed by atoms with Crippen molar-refractivity contribution in [2.75, 3.05) is 19.7 Å². The maximum Gasteiger partial charge on any atom is 0.323 e. The first-order valence-electron chi connectivity index (χ1n) is 12.5. The number of halogens is 1. The van der Waals surface area contributed by atoms with Crippen LogP contribution in [0.25, 0.3) is 0 Å². The van der Waals surface area contributed by atoms with E-state index < -0.39 is 5.97 Å². The molecular formula is C25H33ClN4O5. The number of benzene rings is 1. The van der Waals surface area contributed by atoms with Crippen LogP contribution in [0.4, 0.5) is 5.69 Å². The Morgan fingerprint density at radius 1 is 1.14 bits per heavy atom. The van der Waals surface area contributed by atoms with E-state index in [-0.39, 0.29) is 24.4 Å². The Kier molecular flexibility index (Phi) is 8.49. The lowest BCUT2D eigenvalue weighted by molar-refractivity contribution is -0.146. The highest BCUT2D eigenvalue weighted by Crippen LogP contribution is 2.36. The summed E-state index contributed by atoms with van der Waals surface area (Å²) in [6.07, 6.45) is 8.81. The molecule has 0 bridgehead atoms. The van der Waals surface area contributed by atoms with Gasteiger partial charge in [-0.1, -0.05) is 43.7 Å². The van der Waals surface area contributed by atoms with Gasteiger partial charge in [0.05, 0.1) is 17.3 Å². The van der Waals surface area contributed by atoms with Crippen LogP contribution in [0.15, 0.2) is 17.1 Å². The molecule has 9 nitrogen and oxygen atoms in total. The first kappa shape index (κ1) is 25.3. The highest BCUT2D eigenvalue weighted by Gasteiger charge is 2.30. The zero-order chi connectivity index (χ0) is 24.8. The van der Waals surface area contributed by atoms with Crippen LogP contribution >= 0.6 is 11.6 Å². The maximum absolute atomic E-state index is 12.7. The van der Waals surface area contributed by atoms with Gasteiger partial charge in [0.25, 0.3) is 0 Å². The summed E-state index contributed by atoms with van der Waals surface area (Å²) in [4.78, 5) is 43.5. The Morgan fingerprint density at radius 3 is 2.69 bits per heavy atom. The van der Waals surface area contributed by atoms with Crippen LogP contribution in [-0.2, 0) is 20.9 Å². The van der Waals surface area contributed by atoms with Gasteiger partial charge in [-0.15, -0.1) is 0 Å². The molecule has 2 N–H and O–H groups in total. The fourth-order valence-electron chi connectivity index (χ4n) is 4.98. The van der Waals surface area contributed by atoms with Gasteiger partial charge in [0, 0.05) is 25.1 Å². The lowest BCUT2D eigenvalue weighted by atomic mass is 9.93. The molecule has 1 aromatic carbocycles. The molecule has 35 heavy (non-hydrogen) atoms. The number of fused-ring (bicyclic) bond motifs is 2. The zero-order valence-corrected chi connectivity index (χ0v) is 20.7. The Hall–Kier alpha value is -2.81. The number of hydrogen-bond donors (Lipinski definition) is 2. The summed E-state index contributed by atoms with van der Waals surface area (Å²) in [5.74, 6) is 0.0771. The second kappa shape index (κ2) is 11.7. The summed E-state index contributed by atoms with van der Waals surface area (Å²) in [6.45, 7) is 1.18. The molecule has 2 fully saturated rings. The normalized spacial score (nSPS) is 17.3. The lowest BCUT2D eigenvalue weighted by Crippen LogP contribution is -2.44. The molecule has 10 heteroatoms. The molecular weight excluding hydrogens is 472 g/mol. The number of unbranched alkanes of at least 4 members (excludes halogenated alkanes) is 3. The Morgan fingerprint density at radius 2 is 1.91 bits per heavy atom. The highest BCUT2D eigenvalue weighted by atomic mass is 35.5. The molecule has 0 aromatic heterocycles. The number of aliphatic carboxylic acids is 1. The van der Waals surface area contributed by atoms with Crippen LogP contribution in [0.1, 0.15) is 69.8 Å². The molecule has 0 unspecified atom stereocenters. The number of carboxylic acids is 1. The van der Waals surface area contributed by atoms with E-state index in [0.717, 1.165) is 69.0 Å². The van der Waals surface area contributed by atoms with Gasteiger partial charge in [0.1, 0.15) is 18.8 Å². The van der Waals surface area contributed by atoms with Crippen LogP contribution in [0.3, 0.4) is 0 Å². The average Bonchev–Trinajstić information content (AvgIpc) is 3.19. The SMILES string of the molecule is O=C(O)CN(C(=O)CCCCCCOc1cc2c(cc1Cl)CN1CC(=O)NC1=N2)C1CCCCC1. The molecule has 0 radical (unpaired) electrons. The number of ether oxygens (including phenoxy) is 1. The Balaban J connectivity index is 1.18. The van der Waals surface area contributed by atoms with Crippen LogP contribution < -0.4 is 10.1 Å². The van der Waals surface area contributed by atoms with Crippen LogP contribution in [0.2, 0.25) is 5.02 Å². The topological polar surface area (TPSA) is 112 Å². The molecule has 4 rings (SSSR count). The Bertz CT molecular complexity index is 992. The molecule has 1 saturated heterocycles. The van der Waals surface area contributed by atoms with Crippen molar-refractivity contribution in [3.05, 3.63) is 22.7 Å². The van der Waals surface area contributed by atoms with Crippen molar-refractivity contribution in [1.82, 2.24) is 15.1 Å². The highest BCUT2D eigenvalue weighted by molar-refractivity contribution is 6.32. The van der Waals surface area contributed by atoms with Gasteiger partial charge < -0.3 is 19.6 Å². The van der Waals surface area contributed by atoms with E-state index in [1.807, 2.05) is 17.0 Å². The third-order valence-corrected chi connectivity index (χ3v) is 7.09. The van der Waals surface area contributed by atoms with Crippen molar-refractivity contribution >= 4 is 41.0 Å². The summed E-state index contributed by atoms with van der Waals surface area (Å²) < 4.78 is 5.88. The van der Waals surface area contributed by atoms with Crippen LogP contribution in [0.5, 0.6) is 5.75 Å². The number of amides is 2. The van der Waals surface area contributed by atoms with Crippen molar-refractivity contribution in [3.8, 4) is 5.75 Å². The van der Waals surface area contributed by atoms with Gasteiger partial charge >= 0.3 is 5.97 Å². The Labute approximate surface area is 210 Å². The van der Waals surface area contributed by atoms with Gasteiger partial charge in [-0.2, -0.15) is 0 Å². The number of nitrogens with zero attached hydrogens (tertiary/aromatic N) is 3. The van der Waals surface area contributed by atoms with E-state index in [4.69, 9.17) is 16.3 Å². The monoisotopic (exact) mass is 504 g/mol. The lowest BCUT2D eigenvalue weighted by Gasteiger charge is -2.33. The van der Waals surface area contributed by atoms with E-state index in [2.05, 4.69) is 10.3 Å². The van der Waals surface area contributed by atoms with Crippen molar-refractivity contribution in [3.63, 3.8) is 0 Å². The van der Waals surface area contributed by atoms with Crippen LogP contribution in [0, 0.1) is 0 Å². The molecule has 1 aromatic rings. The van der Waals surface area contributed by atoms with Crippen LogP contribution in [-0.4, -0.2) is 64.4 Å². The van der Waals surface area contributed by atoms with E-state index >= 15 is 0 Å². The molecule has 2 amide bonds. The first-order chi connectivity index (χ1) is 16.9. The number of carboxylic acid groups (broad SMARTS) is 1. The third-order valence-electron chi connectivity index (χ3n) is 6.79. The standard InChI is InChI=1S/C25H33ClN4O5/c26-19-12-17-14-29-15-22(31)28-25(29)27-20(17)13-21(19)35-11-7-2-1-6-10-23(32)30(16-24(33)34)18-8-4-3-5-9-18/h12-13,18H,1-11,14-16H2,(H,33,34)(H,27,28,31). The molecule has 2 aliphatic heterocycles. The smallest absolute Gasteiger partial charge is 0.323 e. The molecule has 0 atom stereocenters. The van der Waals surface area contributed by atoms with E-state index in [9.17, 15) is 19.5 Å². The molecule has 0 spiro atoms. The minimum absolute atomic E-state index is 0.0463. The summed E-state index contributed by atoms with van der Waals surface area (Å²) in [5.41, 5.74) is 1.71. The third kappa shape index (κ3) is 6.66. The molecule has 1 saturated carbocycles. The predicted molar refractivity (Wildman–Crippen MR) is 132 cm³/mol. The maximum atomic E-state index is 12.7. The van der Waals surface area contributed by atoms with Crippen molar-refractivity contribution in [2.45, 2.75) is 76.8 Å². The molecule has 1 aliphatic carbocycles. The number of aliphatic imine (C=N–C) groups is 1. The number of carbonyl (C=O) groups excluding carboxylic acids is 2. The van der Waals surface area contributed by atoms with E-state index in [1.54, 1.807) is 4.90 Å². The van der Waals surface area contributed by atoms with Gasteiger partial charge in [0.2, 0.25) is 17.8 Å². The summed E-state index contributed by atoms with van der Waals surface area (Å²) >= 11 is 6.40. The second-order valence-corrected chi connectivity index (χ2v) is 9.88. The van der Waals surface area contributed by atoms with Gasteiger partial charge in [-0.3, -0.25) is 19.7 Å². The van der Waals surface area contributed by atoms with Gasteiger partial charge in [-0.25, -0.2) is 4.99 Å².